The fourth-order valence-corrected chi connectivity index (χ4v) is 5.95. The van der Waals surface area contributed by atoms with Crippen LogP contribution in [0.5, 0.6) is 0 Å². The summed E-state index contributed by atoms with van der Waals surface area (Å²) in [7, 11) is -1.95. The van der Waals surface area contributed by atoms with Gasteiger partial charge in [-0.05, 0) is 43.2 Å². The Morgan fingerprint density at radius 1 is 1.14 bits per heavy atom. The number of pyridine rings is 1. The first kappa shape index (κ1) is 25.5. The Hall–Kier alpha value is -3.19. The van der Waals surface area contributed by atoms with Gasteiger partial charge in [-0.15, -0.1) is 11.3 Å². The number of rotatable bonds is 6. The number of benzene rings is 2. The molecule has 2 aromatic carbocycles. The first-order valence-corrected chi connectivity index (χ1v) is 14.1. The summed E-state index contributed by atoms with van der Waals surface area (Å²) < 4.78 is 56.3. The maximum atomic E-state index is 13.8. The third-order valence-corrected chi connectivity index (χ3v) is 7.54. The van der Waals surface area contributed by atoms with Crippen LogP contribution >= 0.6 is 22.9 Å². The van der Waals surface area contributed by atoms with Crippen molar-refractivity contribution in [2.75, 3.05) is 11.0 Å². The van der Waals surface area contributed by atoms with Gasteiger partial charge in [0.15, 0.2) is 11.5 Å². The van der Waals surface area contributed by atoms with Gasteiger partial charge >= 0.3 is 0 Å². The summed E-state index contributed by atoms with van der Waals surface area (Å²) in [6.07, 6.45) is 1.15. The minimum absolute atomic E-state index is 0.0932. The fraction of sp³-hybridized carbons (Fsp3) is 0.208. The zero-order chi connectivity index (χ0) is 26.6. The molecule has 13 heteroatoms. The van der Waals surface area contributed by atoms with Crippen LogP contribution in [-0.2, 0) is 23.5 Å². The summed E-state index contributed by atoms with van der Waals surface area (Å²) in [6, 6.07) is 7.87. The topological polar surface area (TPSA) is 116 Å². The summed E-state index contributed by atoms with van der Waals surface area (Å²) in [5, 5.41) is 5.88. The molecule has 1 atom stereocenters. The van der Waals surface area contributed by atoms with Gasteiger partial charge in [0.1, 0.15) is 11.6 Å². The summed E-state index contributed by atoms with van der Waals surface area (Å²) in [6.45, 7) is 1.87. The van der Waals surface area contributed by atoms with Gasteiger partial charge in [-0.2, -0.15) is 5.10 Å². The zero-order valence-electron chi connectivity index (χ0n) is 19.9. The van der Waals surface area contributed by atoms with Crippen LogP contribution in [-0.4, -0.2) is 34.4 Å². The Labute approximate surface area is 220 Å². The highest BCUT2D eigenvalue weighted by Gasteiger charge is 2.24. The third-order valence-electron chi connectivity index (χ3n) is 5.76. The van der Waals surface area contributed by atoms with Crippen LogP contribution in [0.2, 0.25) is 5.02 Å². The van der Waals surface area contributed by atoms with Gasteiger partial charge in [-0.1, -0.05) is 17.7 Å². The van der Waals surface area contributed by atoms with Gasteiger partial charge in [0.2, 0.25) is 10.0 Å². The molecule has 8 nitrogen and oxygen atoms in total. The SMILES string of the molecule is Cc1nc2nc(C(N)Cc3cc(F)cc(F)c3)c(-c3ccc(Cl)c4c(NS(C)(=O)=O)nn(C)c34)cc2s1. The molecule has 0 saturated carbocycles. The highest BCUT2D eigenvalue weighted by molar-refractivity contribution is 7.92. The lowest BCUT2D eigenvalue weighted by Crippen LogP contribution is -2.17. The highest BCUT2D eigenvalue weighted by atomic mass is 35.5. The molecule has 0 aliphatic carbocycles. The summed E-state index contributed by atoms with van der Waals surface area (Å²) in [4.78, 5) is 9.23. The number of anilines is 1. The van der Waals surface area contributed by atoms with Crippen LogP contribution in [0.4, 0.5) is 14.6 Å². The smallest absolute Gasteiger partial charge is 0.231 e. The lowest BCUT2D eigenvalue weighted by Gasteiger charge is -2.17. The number of hydrogen-bond donors (Lipinski definition) is 2. The van der Waals surface area contributed by atoms with E-state index in [1.54, 1.807) is 19.2 Å². The third kappa shape index (κ3) is 5.01. The van der Waals surface area contributed by atoms with Crippen molar-refractivity contribution in [1.82, 2.24) is 19.7 Å². The van der Waals surface area contributed by atoms with Gasteiger partial charge in [-0.25, -0.2) is 27.2 Å². The molecule has 0 amide bonds. The Bertz CT molecular complexity index is 1780. The number of nitrogens with one attached hydrogen (secondary N) is 1. The molecule has 0 radical (unpaired) electrons. The fourth-order valence-electron chi connectivity index (χ4n) is 4.41. The average molecular weight is 563 g/mol. The molecular weight excluding hydrogens is 542 g/mol. The molecule has 3 N–H and O–H groups in total. The Morgan fingerprint density at radius 3 is 2.51 bits per heavy atom. The summed E-state index contributed by atoms with van der Waals surface area (Å²) in [5.74, 6) is -1.29. The molecule has 0 spiro atoms. The second-order valence-electron chi connectivity index (χ2n) is 8.73. The van der Waals surface area contributed by atoms with E-state index in [2.05, 4.69) is 14.8 Å². The van der Waals surface area contributed by atoms with E-state index in [1.165, 1.54) is 28.2 Å². The van der Waals surface area contributed by atoms with E-state index in [0.29, 0.717) is 44.0 Å². The molecule has 0 saturated heterocycles. The molecule has 37 heavy (non-hydrogen) atoms. The van der Waals surface area contributed by atoms with Crippen molar-refractivity contribution >= 4 is 60.0 Å². The van der Waals surface area contributed by atoms with Crippen LogP contribution in [0.3, 0.4) is 0 Å². The second kappa shape index (κ2) is 9.28. The van der Waals surface area contributed by atoms with Gasteiger partial charge in [-0.3, -0.25) is 9.40 Å². The number of nitrogens with zero attached hydrogens (tertiary/aromatic N) is 4. The maximum Gasteiger partial charge on any atom is 0.231 e. The van der Waals surface area contributed by atoms with Crippen LogP contribution in [0.1, 0.15) is 22.3 Å². The van der Waals surface area contributed by atoms with Crippen molar-refractivity contribution < 1.29 is 17.2 Å². The van der Waals surface area contributed by atoms with E-state index in [0.717, 1.165) is 22.0 Å². The van der Waals surface area contributed by atoms with Gasteiger partial charge in [0, 0.05) is 24.2 Å². The number of thiazole rings is 1. The molecule has 0 aliphatic heterocycles. The van der Waals surface area contributed by atoms with Crippen molar-refractivity contribution in [3.05, 3.63) is 69.3 Å². The number of nitrogens with two attached hydrogens (primary N) is 1. The number of aryl methyl sites for hydroxylation is 2. The monoisotopic (exact) mass is 562 g/mol. The van der Waals surface area contributed by atoms with Gasteiger partial charge in [0.25, 0.3) is 0 Å². The summed E-state index contributed by atoms with van der Waals surface area (Å²) in [5.41, 5.74) is 9.82. The normalized spacial score (nSPS) is 12.9. The molecule has 0 fully saturated rings. The minimum Gasteiger partial charge on any atom is -0.322 e. The number of hydrogen-bond acceptors (Lipinski definition) is 7. The molecule has 5 rings (SSSR count). The summed E-state index contributed by atoms with van der Waals surface area (Å²) >= 11 is 7.96. The Balaban J connectivity index is 1.73. The first-order valence-electron chi connectivity index (χ1n) is 11.0. The van der Waals surface area contributed by atoms with Crippen molar-refractivity contribution in [3.63, 3.8) is 0 Å². The Kier molecular flexibility index (Phi) is 6.39. The van der Waals surface area contributed by atoms with Gasteiger partial charge in [0.05, 0.1) is 43.6 Å². The standard InChI is InChI=1S/C24H21ClF2N6O2S2/c1-11-29-23-19(36-11)10-16(21(30-23)18(28)8-12-6-13(26)9-14(27)7-12)15-4-5-17(25)20-22(15)33(2)31-24(20)32-37(3,34)35/h4-7,9-10,18H,8,28H2,1-3H3,(H,31,32). The largest absolute Gasteiger partial charge is 0.322 e. The van der Waals surface area contributed by atoms with Crippen molar-refractivity contribution in [1.29, 1.82) is 0 Å². The lowest BCUT2D eigenvalue weighted by molar-refractivity contribution is 0.576. The van der Waals surface area contributed by atoms with E-state index < -0.39 is 27.7 Å². The molecule has 0 bridgehead atoms. The number of sulfonamides is 1. The zero-order valence-corrected chi connectivity index (χ0v) is 22.3. The Morgan fingerprint density at radius 2 is 1.84 bits per heavy atom. The molecule has 192 valence electrons. The number of halogens is 3. The number of aromatic nitrogens is 4. The van der Waals surface area contributed by atoms with Crippen LogP contribution in [0.15, 0.2) is 36.4 Å². The van der Waals surface area contributed by atoms with E-state index >= 15 is 0 Å². The van der Waals surface area contributed by atoms with E-state index in [9.17, 15) is 17.2 Å². The molecule has 0 aliphatic rings. The molecular formula is C24H21ClF2N6O2S2. The minimum atomic E-state index is -3.62. The van der Waals surface area contributed by atoms with E-state index in [1.807, 2.05) is 13.0 Å². The molecule has 1 unspecified atom stereocenters. The van der Waals surface area contributed by atoms with Gasteiger partial charge < -0.3 is 5.73 Å². The second-order valence-corrected chi connectivity index (χ2v) is 12.1. The van der Waals surface area contributed by atoms with Crippen LogP contribution in [0.25, 0.3) is 32.4 Å². The van der Waals surface area contributed by atoms with E-state index in [4.69, 9.17) is 22.3 Å². The molecule has 3 heterocycles. The molecule has 5 aromatic rings. The lowest BCUT2D eigenvalue weighted by atomic mass is 9.94. The average Bonchev–Trinajstić information content (AvgIpc) is 3.30. The van der Waals surface area contributed by atoms with Crippen LogP contribution < -0.4 is 10.5 Å². The maximum absolute atomic E-state index is 13.8. The predicted octanol–water partition coefficient (Wildman–Crippen LogP) is 5.10. The molecule has 3 aromatic heterocycles. The van der Waals surface area contributed by atoms with Crippen molar-refractivity contribution in [2.45, 2.75) is 19.4 Å². The predicted molar refractivity (Wildman–Crippen MR) is 142 cm³/mol. The van der Waals surface area contributed by atoms with E-state index in [-0.39, 0.29) is 12.2 Å². The highest BCUT2D eigenvalue weighted by Crippen LogP contribution is 2.40. The number of fused-ring (bicyclic) bond motifs is 2. The van der Waals surface area contributed by atoms with Crippen molar-refractivity contribution in [2.24, 2.45) is 12.8 Å². The van der Waals surface area contributed by atoms with Crippen molar-refractivity contribution in [3.8, 4) is 11.1 Å². The quantitative estimate of drug-likeness (QED) is 0.297. The first-order chi connectivity index (χ1) is 17.4. The van der Waals surface area contributed by atoms with Crippen LogP contribution in [0, 0.1) is 18.6 Å².